The van der Waals surface area contributed by atoms with Gasteiger partial charge in [0.1, 0.15) is 18.1 Å². The lowest BCUT2D eigenvalue weighted by Gasteiger charge is -2.30. The van der Waals surface area contributed by atoms with Crippen LogP contribution in [-0.4, -0.2) is 89.6 Å². The molecule has 0 bridgehead atoms. The van der Waals surface area contributed by atoms with Gasteiger partial charge in [-0.25, -0.2) is 9.97 Å². The van der Waals surface area contributed by atoms with Gasteiger partial charge < -0.3 is 31.2 Å². The SMILES string of the molecule is Cn1cncc1C[C@H](N)C(=O)N1C(=O)CC[C@H]1C(=O)N[C@@H](Cc1cnc[nH]1)C(=O)N1CCC[C@H]1C(N)=O. The van der Waals surface area contributed by atoms with Crippen LogP contribution >= 0.6 is 0 Å². The maximum Gasteiger partial charge on any atom is 0.247 e. The maximum atomic E-state index is 13.4. The summed E-state index contributed by atoms with van der Waals surface area (Å²) in [6.45, 7) is 0.331. The summed E-state index contributed by atoms with van der Waals surface area (Å²) in [4.78, 5) is 77.5. The molecular formula is C23H31N9O5. The topological polar surface area (TPSA) is 202 Å². The Kier molecular flexibility index (Phi) is 7.66. The van der Waals surface area contributed by atoms with Crippen LogP contribution in [0.2, 0.25) is 0 Å². The number of H-pyrrole nitrogens is 1. The van der Waals surface area contributed by atoms with Crippen LogP contribution in [-0.2, 0) is 43.9 Å². The van der Waals surface area contributed by atoms with E-state index in [9.17, 15) is 24.0 Å². The van der Waals surface area contributed by atoms with Crippen LogP contribution < -0.4 is 16.8 Å². The lowest BCUT2D eigenvalue weighted by atomic mass is 10.1. The minimum absolute atomic E-state index is 0.00269. The molecule has 4 atom stereocenters. The number of primary amides is 1. The Balaban J connectivity index is 1.50. The molecule has 2 fully saturated rings. The van der Waals surface area contributed by atoms with Gasteiger partial charge >= 0.3 is 0 Å². The number of nitrogens with zero attached hydrogens (tertiary/aromatic N) is 5. The molecule has 0 aromatic carbocycles. The first-order chi connectivity index (χ1) is 17.7. The molecule has 0 spiro atoms. The monoisotopic (exact) mass is 513 g/mol. The molecule has 2 aromatic heterocycles. The fourth-order valence-electron chi connectivity index (χ4n) is 4.89. The van der Waals surface area contributed by atoms with Gasteiger partial charge in [-0.05, 0) is 19.3 Å². The van der Waals surface area contributed by atoms with E-state index in [1.807, 2.05) is 0 Å². The van der Waals surface area contributed by atoms with E-state index in [2.05, 4.69) is 20.3 Å². The van der Waals surface area contributed by atoms with E-state index in [0.717, 1.165) is 4.90 Å². The second kappa shape index (κ2) is 10.9. The standard InChI is InChI=1S/C23H31N9O5/c1-30-12-27-10-14(30)8-15(24)22(36)32-18(4-5-19(32)33)21(35)29-16(7-13-9-26-11-28-13)23(37)31-6-2-3-17(31)20(25)34/h9-12,15-18H,2-8,24H2,1H3,(H2,25,34)(H,26,28)(H,29,35)/t15-,16-,17-,18-/m0/s1. The van der Waals surface area contributed by atoms with E-state index >= 15 is 0 Å². The Morgan fingerprint density at radius 2 is 1.92 bits per heavy atom. The molecule has 4 rings (SSSR count). The van der Waals surface area contributed by atoms with Gasteiger partial charge in [0, 0.05) is 56.6 Å². The summed E-state index contributed by atoms with van der Waals surface area (Å²) in [5, 5.41) is 2.70. The molecule has 2 aliphatic heterocycles. The smallest absolute Gasteiger partial charge is 0.247 e. The van der Waals surface area contributed by atoms with Gasteiger partial charge in [-0.15, -0.1) is 0 Å². The van der Waals surface area contributed by atoms with Crippen molar-refractivity contribution in [2.24, 2.45) is 18.5 Å². The van der Waals surface area contributed by atoms with E-state index in [4.69, 9.17) is 11.5 Å². The minimum Gasteiger partial charge on any atom is -0.368 e. The summed E-state index contributed by atoms with van der Waals surface area (Å²) in [5.41, 5.74) is 12.9. The normalized spacial score (nSPS) is 21.2. The van der Waals surface area contributed by atoms with Crippen molar-refractivity contribution in [1.82, 2.24) is 34.6 Å². The maximum absolute atomic E-state index is 13.4. The number of rotatable bonds is 9. The summed E-state index contributed by atoms with van der Waals surface area (Å²) in [5.74, 6) is -2.92. The van der Waals surface area contributed by atoms with Crippen molar-refractivity contribution < 1.29 is 24.0 Å². The number of hydrogen-bond donors (Lipinski definition) is 4. The molecule has 198 valence electrons. The molecule has 14 nitrogen and oxygen atoms in total. The van der Waals surface area contributed by atoms with Gasteiger partial charge in [-0.2, -0.15) is 0 Å². The average Bonchev–Trinajstić information content (AvgIpc) is 3.66. The zero-order valence-corrected chi connectivity index (χ0v) is 20.5. The van der Waals surface area contributed by atoms with Crippen LogP contribution in [0.15, 0.2) is 25.0 Å². The van der Waals surface area contributed by atoms with Crippen LogP contribution in [0.1, 0.15) is 37.1 Å². The fourth-order valence-corrected chi connectivity index (χ4v) is 4.89. The largest absolute Gasteiger partial charge is 0.368 e. The Hall–Kier alpha value is -4.07. The number of likely N-dealkylation sites (tertiary alicyclic amines) is 2. The highest BCUT2D eigenvalue weighted by atomic mass is 16.2. The van der Waals surface area contributed by atoms with Crippen LogP contribution in [0, 0.1) is 0 Å². The molecule has 0 unspecified atom stereocenters. The van der Waals surface area contributed by atoms with Crippen LogP contribution in [0.3, 0.4) is 0 Å². The van der Waals surface area contributed by atoms with Crippen molar-refractivity contribution in [3.05, 3.63) is 36.4 Å². The second-order valence-corrected chi connectivity index (χ2v) is 9.40. The molecular weight excluding hydrogens is 482 g/mol. The van der Waals surface area contributed by atoms with Crippen molar-refractivity contribution in [3.8, 4) is 0 Å². The van der Waals surface area contributed by atoms with Gasteiger partial charge in [-0.1, -0.05) is 0 Å². The highest BCUT2D eigenvalue weighted by molar-refractivity contribution is 6.05. The van der Waals surface area contributed by atoms with Gasteiger partial charge in [0.15, 0.2) is 0 Å². The molecule has 2 aliphatic rings. The first-order valence-electron chi connectivity index (χ1n) is 12.1. The molecule has 2 saturated heterocycles. The molecule has 0 radical (unpaired) electrons. The number of imidazole rings is 2. The molecule has 14 heteroatoms. The van der Waals surface area contributed by atoms with Gasteiger partial charge in [0.25, 0.3) is 0 Å². The van der Waals surface area contributed by atoms with E-state index in [0.29, 0.717) is 30.8 Å². The van der Waals surface area contributed by atoms with Crippen molar-refractivity contribution >= 4 is 29.5 Å². The minimum atomic E-state index is -1.11. The highest BCUT2D eigenvalue weighted by Gasteiger charge is 2.44. The van der Waals surface area contributed by atoms with E-state index in [1.165, 1.54) is 17.4 Å². The molecule has 37 heavy (non-hydrogen) atoms. The van der Waals surface area contributed by atoms with E-state index < -0.39 is 53.7 Å². The summed E-state index contributed by atoms with van der Waals surface area (Å²) >= 11 is 0. The molecule has 6 N–H and O–H groups in total. The Labute approximate surface area is 212 Å². The van der Waals surface area contributed by atoms with Crippen molar-refractivity contribution in [1.29, 1.82) is 0 Å². The average molecular weight is 514 g/mol. The molecule has 4 heterocycles. The third-order valence-electron chi connectivity index (χ3n) is 6.87. The number of carbonyl (C=O) groups is 5. The summed E-state index contributed by atoms with van der Waals surface area (Å²) < 4.78 is 1.71. The number of hydrogen-bond acceptors (Lipinski definition) is 8. The number of nitrogens with two attached hydrogens (primary N) is 2. The Morgan fingerprint density at radius 1 is 1.14 bits per heavy atom. The molecule has 0 saturated carbocycles. The lowest BCUT2D eigenvalue weighted by Crippen LogP contribution is -2.58. The Bertz CT molecular complexity index is 1180. The summed E-state index contributed by atoms with van der Waals surface area (Å²) in [7, 11) is 1.76. The number of aromatic amines is 1. The molecule has 0 aliphatic carbocycles. The fraction of sp³-hybridized carbons (Fsp3) is 0.522. The van der Waals surface area contributed by atoms with Crippen LogP contribution in [0.25, 0.3) is 0 Å². The predicted octanol–water partition coefficient (Wildman–Crippen LogP) is -2.27. The summed E-state index contributed by atoms with van der Waals surface area (Å²) in [6.07, 6.45) is 7.48. The van der Waals surface area contributed by atoms with E-state index in [-0.39, 0.29) is 25.7 Å². The third-order valence-corrected chi connectivity index (χ3v) is 6.87. The number of aryl methyl sites for hydroxylation is 1. The van der Waals surface area contributed by atoms with Gasteiger partial charge in [0.2, 0.25) is 29.5 Å². The van der Waals surface area contributed by atoms with Crippen LogP contribution in [0.4, 0.5) is 0 Å². The number of aromatic nitrogens is 4. The quantitative estimate of drug-likeness (QED) is 0.287. The second-order valence-electron chi connectivity index (χ2n) is 9.40. The number of imide groups is 1. The van der Waals surface area contributed by atoms with Crippen LogP contribution in [0.5, 0.6) is 0 Å². The number of nitrogens with one attached hydrogen (secondary N) is 2. The van der Waals surface area contributed by atoms with Crippen molar-refractivity contribution in [3.63, 3.8) is 0 Å². The van der Waals surface area contributed by atoms with Crippen molar-refractivity contribution in [2.45, 2.75) is 62.7 Å². The first-order valence-corrected chi connectivity index (χ1v) is 12.1. The Morgan fingerprint density at radius 3 is 2.57 bits per heavy atom. The number of amides is 5. The molecule has 5 amide bonds. The molecule has 2 aromatic rings. The van der Waals surface area contributed by atoms with Gasteiger partial charge in [-0.3, -0.25) is 28.9 Å². The lowest BCUT2D eigenvalue weighted by molar-refractivity contribution is -0.149. The van der Waals surface area contributed by atoms with E-state index in [1.54, 1.807) is 24.1 Å². The third kappa shape index (κ3) is 5.53. The van der Waals surface area contributed by atoms with Gasteiger partial charge in [0.05, 0.1) is 18.7 Å². The summed E-state index contributed by atoms with van der Waals surface area (Å²) in [6, 6.07) is -4.00. The number of carbonyl (C=O) groups excluding carboxylic acids is 5. The first kappa shape index (κ1) is 26.0. The predicted molar refractivity (Wildman–Crippen MR) is 128 cm³/mol. The van der Waals surface area contributed by atoms with Crippen molar-refractivity contribution in [2.75, 3.05) is 6.54 Å². The zero-order valence-electron chi connectivity index (χ0n) is 20.5. The highest BCUT2D eigenvalue weighted by Crippen LogP contribution is 2.22. The zero-order chi connectivity index (χ0) is 26.7.